The van der Waals surface area contributed by atoms with E-state index < -0.39 is 15.7 Å². The second-order valence-electron chi connectivity index (χ2n) is 3.28. The predicted octanol–water partition coefficient (Wildman–Crippen LogP) is -0.347. The molecule has 0 saturated heterocycles. The lowest BCUT2D eigenvalue weighted by Crippen LogP contribution is -2.38. The van der Waals surface area contributed by atoms with Crippen molar-refractivity contribution in [3.05, 3.63) is 24.6 Å². The molecule has 0 heterocycles. The van der Waals surface area contributed by atoms with Crippen LogP contribution in [0.2, 0.25) is 0 Å². The lowest BCUT2D eigenvalue weighted by atomic mass is 10.4. The molecule has 0 aromatic rings. The Labute approximate surface area is 101 Å². The van der Waals surface area contributed by atoms with Crippen LogP contribution in [0.1, 0.15) is 6.42 Å². The Morgan fingerprint density at radius 1 is 1.35 bits per heavy atom. The summed E-state index contributed by atoms with van der Waals surface area (Å²) in [5.41, 5.74) is 0. The maximum atomic E-state index is 11.5. The van der Waals surface area contributed by atoms with Gasteiger partial charge in [-0.2, -0.15) is 0 Å². The molecule has 0 unspecified atom stereocenters. The minimum atomic E-state index is -3.37. The molecule has 2 amide bonds. The molecule has 17 heavy (non-hydrogen) atoms. The Hall–Kier alpha value is -1.63. The molecule has 0 aliphatic heterocycles. The summed E-state index contributed by atoms with van der Waals surface area (Å²) in [6.07, 6.45) is 0.940. The molecule has 6 nitrogen and oxygen atoms in total. The van der Waals surface area contributed by atoms with Crippen LogP contribution in [0.15, 0.2) is 24.6 Å². The summed E-state index contributed by atoms with van der Waals surface area (Å²) >= 11 is 0. The van der Waals surface area contributed by atoms with Crippen LogP contribution < -0.4 is 5.32 Å². The van der Waals surface area contributed by atoms with Gasteiger partial charge in [0.2, 0.25) is 11.8 Å². The minimum Gasteiger partial charge on any atom is -0.335 e. The average molecular weight is 260 g/mol. The lowest BCUT2D eigenvalue weighted by Gasteiger charge is -2.16. The monoisotopic (exact) mass is 260 g/mol. The van der Waals surface area contributed by atoms with E-state index in [4.69, 9.17) is 0 Å². The minimum absolute atomic E-state index is 0.0117. The number of carbonyl (C=O) groups is 2. The molecule has 0 spiro atoms. The van der Waals surface area contributed by atoms with Crippen LogP contribution in [0.3, 0.4) is 0 Å². The molecule has 0 radical (unpaired) electrons. The first-order valence-corrected chi connectivity index (χ1v) is 6.53. The molecule has 0 rings (SSSR count). The van der Waals surface area contributed by atoms with Crippen molar-refractivity contribution < 1.29 is 18.0 Å². The van der Waals surface area contributed by atoms with Gasteiger partial charge in [-0.15, -0.1) is 0 Å². The second-order valence-corrected chi connectivity index (χ2v) is 5.35. The maximum absolute atomic E-state index is 11.5. The summed E-state index contributed by atoms with van der Waals surface area (Å²) in [4.78, 5) is 23.5. The van der Waals surface area contributed by atoms with Crippen molar-refractivity contribution in [3.63, 3.8) is 0 Å². The van der Waals surface area contributed by atoms with Gasteiger partial charge >= 0.3 is 0 Å². The highest BCUT2D eigenvalue weighted by molar-refractivity contribution is 7.94. The van der Waals surface area contributed by atoms with Crippen LogP contribution >= 0.6 is 0 Å². The van der Waals surface area contributed by atoms with E-state index in [1.165, 1.54) is 11.9 Å². The van der Waals surface area contributed by atoms with Gasteiger partial charge in [-0.25, -0.2) is 8.42 Å². The quantitative estimate of drug-likeness (QED) is 0.501. The molecular formula is C10H16N2O4S. The zero-order valence-corrected chi connectivity index (χ0v) is 10.5. The molecule has 0 atom stereocenters. The van der Waals surface area contributed by atoms with Crippen molar-refractivity contribution in [1.29, 1.82) is 0 Å². The third-order valence-electron chi connectivity index (χ3n) is 1.96. The summed E-state index contributed by atoms with van der Waals surface area (Å²) in [6.45, 7) is 6.41. The second kappa shape index (κ2) is 6.85. The highest BCUT2D eigenvalue weighted by Gasteiger charge is 2.13. The smallest absolute Gasteiger partial charge is 0.244 e. The fraction of sp³-hybridized carbons (Fsp3) is 0.400. The molecule has 1 N–H and O–H groups in total. The van der Waals surface area contributed by atoms with Crippen molar-refractivity contribution in [2.75, 3.05) is 19.5 Å². The van der Waals surface area contributed by atoms with Gasteiger partial charge in [-0.3, -0.25) is 9.59 Å². The number of nitrogens with one attached hydrogen (secondary N) is 1. The number of amides is 2. The van der Waals surface area contributed by atoms with Gasteiger partial charge in [0, 0.05) is 18.9 Å². The Morgan fingerprint density at radius 2 is 1.94 bits per heavy atom. The zero-order chi connectivity index (χ0) is 13.5. The number of sulfone groups is 1. The van der Waals surface area contributed by atoms with Crippen LogP contribution in [-0.4, -0.2) is 44.6 Å². The first kappa shape index (κ1) is 15.4. The first-order valence-electron chi connectivity index (χ1n) is 4.82. The van der Waals surface area contributed by atoms with Crippen molar-refractivity contribution in [2.24, 2.45) is 0 Å². The van der Waals surface area contributed by atoms with Gasteiger partial charge in [0.25, 0.3) is 0 Å². The summed E-state index contributed by atoms with van der Waals surface area (Å²) < 4.78 is 22.1. The standard InChI is InChI=1S/C10H16N2O4S/c1-4-9(13)11-8-12(3)10(14)6-7-17(15,16)5-2/h4-5H,1-2,6-8H2,3H3,(H,11,13). The van der Waals surface area contributed by atoms with Crippen molar-refractivity contribution >= 4 is 21.7 Å². The molecule has 0 bridgehead atoms. The van der Waals surface area contributed by atoms with Crippen molar-refractivity contribution in [3.8, 4) is 0 Å². The molecule has 96 valence electrons. The van der Waals surface area contributed by atoms with Crippen molar-refractivity contribution in [1.82, 2.24) is 10.2 Å². The Kier molecular flexibility index (Phi) is 6.19. The van der Waals surface area contributed by atoms with E-state index in [0.29, 0.717) is 0 Å². The predicted molar refractivity (Wildman–Crippen MR) is 64.6 cm³/mol. The molecule has 0 fully saturated rings. The van der Waals surface area contributed by atoms with Gasteiger partial charge in [-0.1, -0.05) is 13.2 Å². The number of hydrogen-bond donors (Lipinski definition) is 1. The van der Waals surface area contributed by atoms with Gasteiger partial charge in [0.1, 0.15) is 0 Å². The lowest BCUT2D eigenvalue weighted by molar-refractivity contribution is -0.130. The molecular weight excluding hydrogens is 244 g/mol. The van der Waals surface area contributed by atoms with Gasteiger partial charge in [-0.05, 0) is 6.08 Å². The van der Waals surface area contributed by atoms with E-state index in [1.54, 1.807) is 0 Å². The van der Waals surface area contributed by atoms with E-state index in [2.05, 4.69) is 18.5 Å². The summed E-state index contributed by atoms with van der Waals surface area (Å²) in [6, 6.07) is 0. The van der Waals surface area contributed by atoms with E-state index >= 15 is 0 Å². The number of nitrogens with zero attached hydrogens (tertiary/aromatic N) is 1. The third-order valence-corrected chi connectivity index (χ3v) is 3.24. The Balaban J connectivity index is 4.11. The zero-order valence-electron chi connectivity index (χ0n) is 9.68. The number of hydrogen-bond acceptors (Lipinski definition) is 4. The largest absolute Gasteiger partial charge is 0.335 e. The average Bonchev–Trinajstić information content (AvgIpc) is 2.32. The van der Waals surface area contributed by atoms with Crippen LogP contribution in [0, 0.1) is 0 Å². The topological polar surface area (TPSA) is 83.6 Å². The van der Waals surface area contributed by atoms with Crippen LogP contribution in [0.5, 0.6) is 0 Å². The molecule has 0 aliphatic carbocycles. The third kappa shape index (κ3) is 6.52. The Morgan fingerprint density at radius 3 is 2.41 bits per heavy atom. The molecule has 0 aromatic carbocycles. The highest BCUT2D eigenvalue weighted by atomic mass is 32.2. The molecule has 0 aliphatic rings. The van der Waals surface area contributed by atoms with E-state index in [9.17, 15) is 18.0 Å². The summed E-state index contributed by atoms with van der Waals surface area (Å²) in [7, 11) is -1.91. The van der Waals surface area contributed by atoms with E-state index in [1.807, 2.05) is 0 Å². The summed E-state index contributed by atoms with van der Waals surface area (Å²) in [5, 5.41) is 3.22. The van der Waals surface area contributed by atoms with Crippen LogP contribution in [0.25, 0.3) is 0 Å². The van der Waals surface area contributed by atoms with Crippen LogP contribution in [0.4, 0.5) is 0 Å². The van der Waals surface area contributed by atoms with Crippen LogP contribution in [-0.2, 0) is 19.4 Å². The fourth-order valence-corrected chi connectivity index (χ4v) is 1.49. The van der Waals surface area contributed by atoms with Gasteiger partial charge in [0.15, 0.2) is 9.84 Å². The SMILES string of the molecule is C=CC(=O)NCN(C)C(=O)CCS(=O)(=O)C=C. The van der Waals surface area contributed by atoms with E-state index in [0.717, 1.165) is 11.5 Å². The normalized spacial score (nSPS) is 10.4. The molecule has 0 aromatic heterocycles. The summed E-state index contributed by atoms with van der Waals surface area (Å²) in [5.74, 6) is -1.06. The maximum Gasteiger partial charge on any atom is 0.244 e. The molecule has 7 heteroatoms. The van der Waals surface area contributed by atoms with E-state index in [-0.39, 0.29) is 24.7 Å². The van der Waals surface area contributed by atoms with Gasteiger partial charge < -0.3 is 10.2 Å². The van der Waals surface area contributed by atoms with Gasteiger partial charge in [0.05, 0.1) is 12.4 Å². The first-order chi connectivity index (χ1) is 7.82. The highest BCUT2D eigenvalue weighted by Crippen LogP contribution is 1.97. The fourth-order valence-electron chi connectivity index (χ4n) is 0.861. The Bertz CT molecular complexity index is 414. The number of carbonyl (C=O) groups excluding carboxylic acids is 2. The van der Waals surface area contributed by atoms with Crippen molar-refractivity contribution in [2.45, 2.75) is 6.42 Å². The number of rotatable bonds is 7. The molecule has 0 saturated carbocycles.